The number of aryl methyl sites for hydroxylation is 1. The van der Waals surface area contributed by atoms with E-state index in [0.29, 0.717) is 11.5 Å². The van der Waals surface area contributed by atoms with E-state index in [4.69, 9.17) is 0 Å². The lowest BCUT2D eigenvalue weighted by Crippen LogP contribution is -2.00. The largest absolute Gasteiger partial charge is 0.245 e. The SMILES string of the molecule is Cc1ccc2nc(NN=Cc3cccc(F)c3)nc(-c3ccccc3)c2c1. The predicted octanol–water partition coefficient (Wildman–Crippen LogP) is 5.19. The maximum atomic E-state index is 13.3. The van der Waals surface area contributed by atoms with Gasteiger partial charge in [0.15, 0.2) is 0 Å². The van der Waals surface area contributed by atoms with Crippen molar-refractivity contribution in [2.75, 3.05) is 5.43 Å². The fraction of sp³-hybridized carbons (Fsp3) is 0.0455. The Morgan fingerprint density at radius 3 is 2.59 bits per heavy atom. The van der Waals surface area contributed by atoms with Gasteiger partial charge in [-0.05, 0) is 36.8 Å². The van der Waals surface area contributed by atoms with E-state index in [0.717, 1.165) is 27.7 Å². The molecule has 0 aliphatic rings. The molecule has 1 heterocycles. The van der Waals surface area contributed by atoms with Gasteiger partial charge in [0, 0.05) is 10.9 Å². The van der Waals surface area contributed by atoms with Crippen molar-refractivity contribution in [3.05, 3.63) is 89.7 Å². The number of anilines is 1. The van der Waals surface area contributed by atoms with E-state index in [2.05, 4.69) is 26.6 Å². The molecule has 3 aromatic carbocycles. The lowest BCUT2D eigenvalue weighted by atomic mass is 10.0. The summed E-state index contributed by atoms with van der Waals surface area (Å²) in [6, 6.07) is 22.3. The van der Waals surface area contributed by atoms with Gasteiger partial charge in [0.25, 0.3) is 0 Å². The van der Waals surface area contributed by atoms with Gasteiger partial charge in [-0.25, -0.2) is 19.8 Å². The van der Waals surface area contributed by atoms with Crippen LogP contribution in [0.3, 0.4) is 0 Å². The number of hydrogen-bond donors (Lipinski definition) is 1. The van der Waals surface area contributed by atoms with E-state index in [9.17, 15) is 4.39 Å². The second-order valence-corrected chi connectivity index (χ2v) is 6.21. The maximum Gasteiger partial charge on any atom is 0.244 e. The molecule has 132 valence electrons. The number of nitrogens with one attached hydrogen (secondary N) is 1. The Hall–Kier alpha value is -3.60. The van der Waals surface area contributed by atoms with E-state index in [-0.39, 0.29) is 5.82 Å². The van der Waals surface area contributed by atoms with Crippen LogP contribution >= 0.6 is 0 Å². The van der Waals surface area contributed by atoms with Crippen LogP contribution in [0, 0.1) is 12.7 Å². The van der Waals surface area contributed by atoms with E-state index in [1.807, 2.05) is 49.4 Å². The summed E-state index contributed by atoms with van der Waals surface area (Å²) in [6.45, 7) is 2.05. The summed E-state index contributed by atoms with van der Waals surface area (Å²) >= 11 is 0. The van der Waals surface area contributed by atoms with Gasteiger partial charge in [0.2, 0.25) is 5.95 Å². The summed E-state index contributed by atoms with van der Waals surface area (Å²) in [5.74, 6) is 0.0838. The molecular weight excluding hydrogens is 339 g/mol. The molecule has 5 heteroatoms. The van der Waals surface area contributed by atoms with Crippen LogP contribution in [-0.2, 0) is 0 Å². The van der Waals surface area contributed by atoms with Crippen LogP contribution < -0.4 is 5.43 Å². The van der Waals surface area contributed by atoms with Crippen LogP contribution in [0.25, 0.3) is 22.2 Å². The zero-order chi connectivity index (χ0) is 18.6. The first-order valence-electron chi connectivity index (χ1n) is 8.57. The second-order valence-electron chi connectivity index (χ2n) is 6.21. The van der Waals surface area contributed by atoms with Crippen molar-refractivity contribution in [3.8, 4) is 11.3 Å². The van der Waals surface area contributed by atoms with Crippen molar-refractivity contribution in [2.24, 2.45) is 5.10 Å². The number of halogens is 1. The van der Waals surface area contributed by atoms with Crippen LogP contribution in [-0.4, -0.2) is 16.2 Å². The van der Waals surface area contributed by atoms with Crippen LogP contribution in [0.2, 0.25) is 0 Å². The minimum atomic E-state index is -0.303. The fourth-order valence-electron chi connectivity index (χ4n) is 2.86. The number of nitrogens with zero attached hydrogens (tertiary/aromatic N) is 3. The molecule has 0 aliphatic carbocycles. The van der Waals surface area contributed by atoms with Gasteiger partial charge in [-0.15, -0.1) is 0 Å². The molecule has 0 saturated heterocycles. The third-order valence-electron chi connectivity index (χ3n) is 4.13. The van der Waals surface area contributed by atoms with Gasteiger partial charge in [-0.3, -0.25) is 0 Å². The zero-order valence-electron chi connectivity index (χ0n) is 14.7. The molecule has 4 nitrogen and oxygen atoms in total. The fourth-order valence-corrected chi connectivity index (χ4v) is 2.86. The van der Waals surface area contributed by atoms with Gasteiger partial charge in [0.05, 0.1) is 17.4 Å². The first-order chi connectivity index (χ1) is 13.2. The molecule has 0 unspecified atom stereocenters. The molecule has 0 fully saturated rings. The number of aromatic nitrogens is 2. The Balaban J connectivity index is 1.72. The third kappa shape index (κ3) is 3.82. The normalized spacial score (nSPS) is 11.2. The first kappa shape index (κ1) is 16.8. The van der Waals surface area contributed by atoms with Crippen LogP contribution in [0.1, 0.15) is 11.1 Å². The van der Waals surface area contributed by atoms with Crippen molar-refractivity contribution in [1.82, 2.24) is 9.97 Å². The summed E-state index contributed by atoms with van der Waals surface area (Å²) in [4.78, 5) is 9.19. The zero-order valence-corrected chi connectivity index (χ0v) is 14.7. The topological polar surface area (TPSA) is 50.2 Å². The van der Waals surface area contributed by atoms with E-state index < -0.39 is 0 Å². The van der Waals surface area contributed by atoms with Crippen LogP contribution in [0.5, 0.6) is 0 Å². The number of hydrogen-bond acceptors (Lipinski definition) is 4. The predicted molar refractivity (Wildman–Crippen MR) is 107 cm³/mol. The molecule has 0 saturated carbocycles. The summed E-state index contributed by atoms with van der Waals surface area (Å²) < 4.78 is 13.3. The monoisotopic (exact) mass is 356 g/mol. The third-order valence-corrected chi connectivity index (χ3v) is 4.13. The van der Waals surface area contributed by atoms with Crippen molar-refractivity contribution in [2.45, 2.75) is 6.92 Å². The lowest BCUT2D eigenvalue weighted by Gasteiger charge is -2.09. The van der Waals surface area contributed by atoms with Gasteiger partial charge in [0.1, 0.15) is 5.82 Å². The van der Waals surface area contributed by atoms with Crippen LogP contribution in [0.4, 0.5) is 10.3 Å². The highest BCUT2D eigenvalue weighted by Gasteiger charge is 2.09. The van der Waals surface area contributed by atoms with E-state index in [1.54, 1.807) is 12.1 Å². The van der Waals surface area contributed by atoms with Crippen LogP contribution in [0.15, 0.2) is 77.9 Å². The Morgan fingerprint density at radius 1 is 0.926 bits per heavy atom. The van der Waals surface area contributed by atoms with Gasteiger partial charge >= 0.3 is 0 Å². The summed E-state index contributed by atoms with van der Waals surface area (Å²) in [5.41, 5.74) is 7.33. The van der Waals surface area contributed by atoms with Crippen molar-refractivity contribution in [3.63, 3.8) is 0 Å². The molecule has 27 heavy (non-hydrogen) atoms. The van der Waals surface area contributed by atoms with E-state index in [1.165, 1.54) is 18.3 Å². The average molecular weight is 356 g/mol. The molecule has 0 radical (unpaired) electrons. The molecular formula is C22H17FN4. The van der Waals surface area contributed by atoms with Gasteiger partial charge in [-0.2, -0.15) is 5.10 Å². The molecule has 0 bridgehead atoms. The maximum absolute atomic E-state index is 13.3. The highest BCUT2D eigenvalue weighted by Crippen LogP contribution is 2.28. The molecule has 4 aromatic rings. The molecule has 1 aromatic heterocycles. The first-order valence-corrected chi connectivity index (χ1v) is 8.57. The molecule has 0 aliphatic heterocycles. The Bertz CT molecular complexity index is 1120. The van der Waals surface area contributed by atoms with Gasteiger partial charge < -0.3 is 0 Å². The Kier molecular flexibility index (Phi) is 4.58. The molecule has 0 atom stereocenters. The summed E-state index contributed by atoms with van der Waals surface area (Å²) in [7, 11) is 0. The number of rotatable bonds is 4. The number of hydrazone groups is 1. The Labute approximate surface area is 156 Å². The number of benzene rings is 3. The molecule has 0 spiro atoms. The minimum Gasteiger partial charge on any atom is -0.245 e. The second kappa shape index (κ2) is 7.33. The highest BCUT2D eigenvalue weighted by molar-refractivity contribution is 5.93. The highest BCUT2D eigenvalue weighted by atomic mass is 19.1. The van der Waals surface area contributed by atoms with Crippen molar-refractivity contribution >= 4 is 23.1 Å². The molecule has 4 rings (SSSR count). The summed E-state index contributed by atoms with van der Waals surface area (Å²) in [6.07, 6.45) is 1.54. The average Bonchev–Trinajstić information content (AvgIpc) is 2.68. The molecule has 1 N–H and O–H groups in total. The standard InChI is InChI=1S/C22H17FN4/c1-15-10-11-20-19(12-15)21(17-7-3-2-4-8-17)26-22(25-20)27-24-14-16-6-5-9-18(23)13-16/h2-14H,1H3,(H,25,26,27). The number of fused-ring (bicyclic) bond motifs is 1. The van der Waals surface area contributed by atoms with Gasteiger partial charge in [-0.1, -0.05) is 54.1 Å². The van der Waals surface area contributed by atoms with Crippen molar-refractivity contribution in [1.29, 1.82) is 0 Å². The lowest BCUT2D eigenvalue weighted by molar-refractivity contribution is 0.627. The van der Waals surface area contributed by atoms with Crippen molar-refractivity contribution < 1.29 is 4.39 Å². The smallest absolute Gasteiger partial charge is 0.244 e. The summed E-state index contributed by atoms with van der Waals surface area (Å²) in [5, 5.41) is 5.13. The quantitative estimate of drug-likeness (QED) is 0.404. The minimum absolute atomic E-state index is 0.303. The van der Waals surface area contributed by atoms with E-state index >= 15 is 0 Å². The Morgan fingerprint density at radius 2 is 1.78 bits per heavy atom. The molecule has 0 amide bonds.